The summed E-state index contributed by atoms with van der Waals surface area (Å²) in [5.41, 5.74) is 2.04. The number of aliphatic imine (C=N–C) groups is 1. The summed E-state index contributed by atoms with van der Waals surface area (Å²) in [4.78, 5) is 5.02. The number of phenolic OH excluding ortho intramolecular Hbond substituents is 1. The number of amidine groups is 1. The fourth-order valence-electron chi connectivity index (χ4n) is 5.20. The average molecular weight is 404 g/mol. The zero-order chi connectivity index (χ0) is 20.5. The van der Waals surface area contributed by atoms with Crippen molar-refractivity contribution in [2.45, 2.75) is 32.3 Å². The molecule has 0 spiro atoms. The Hall–Kier alpha value is -2.63. The van der Waals surface area contributed by atoms with E-state index in [0.717, 1.165) is 24.2 Å². The molecule has 5 nitrogen and oxygen atoms in total. The van der Waals surface area contributed by atoms with Crippen LogP contribution in [0.25, 0.3) is 0 Å². The lowest BCUT2D eigenvalue weighted by atomic mass is 9.63. The minimum absolute atomic E-state index is 0.242. The van der Waals surface area contributed by atoms with Crippen LogP contribution in [0, 0.1) is 23.7 Å². The summed E-state index contributed by atoms with van der Waals surface area (Å²) in [6, 6.07) is 7.37. The molecule has 0 fully saturated rings. The molecule has 1 heterocycles. The normalized spacial score (nSPS) is 34.4. The van der Waals surface area contributed by atoms with Crippen LogP contribution >= 0.6 is 0 Å². The highest BCUT2D eigenvalue weighted by molar-refractivity contribution is 5.99. The predicted octanol–water partition coefficient (Wildman–Crippen LogP) is 4.18. The summed E-state index contributed by atoms with van der Waals surface area (Å²) in [6.07, 6.45) is 17.6. The van der Waals surface area contributed by atoms with Gasteiger partial charge in [0.25, 0.3) is 0 Å². The molecular formula is C25H29N3O2. The van der Waals surface area contributed by atoms with Crippen LogP contribution in [-0.2, 0) is 4.74 Å². The van der Waals surface area contributed by atoms with Crippen LogP contribution < -0.4 is 10.6 Å². The molecule has 0 aromatic heterocycles. The topological polar surface area (TPSA) is 65.9 Å². The van der Waals surface area contributed by atoms with Gasteiger partial charge in [-0.3, -0.25) is 0 Å². The fraction of sp³-hybridized carbons (Fsp3) is 0.400. The van der Waals surface area contributed by atoms with Gasteiger partial charge < -0.3 is 15.2 Å². The standard InChI is InChI=1S/C25H29N3O2/c1-2-30-25-27-23(20-13-7-8-14-22(20)29)26-24(28-25)21-15-16-9-3-4-10-17(16)18-11-5-6-12-19(18)21/h3-5,7-11,13-19,23,25,27,29H,2,6,12H2,1H3,(H,26,28). The van der Waals surface area contributed by atoms with Crippen molar-refractivity contribution in [1.29, 1.82) is 0 Å². The van der Waals surface area contributed by atoms with E-state index in [1.54, 1.807) is 6.07 Å². The van der Waals surface area contributed by atoms with Crippen molar-refractivity contribution >= 4 is 5.84 Å². The van der Waals surface area contributed by atoms with Gasteiger partial charge in [0.15, 0.2) is 6.35 Å². The lowest BCUT2D eigenvalue weighted by Crippen LogP contribution is -2.54. The molecular weight excluding hydrogens is 374 g/mol. The molecule has 3 aliphatic carbocycles. The van der Waals surface area contributed by atoms with Crippen molar-refractivity contribution in [1.82, 2.24) is 10.6 Å². The molecule has 5 rings (SSSR count). The predicted molar refractivity (Wildman–Crippen MR) is 119 cm³/mol. The third-order valence-corrected chi connectivity index (χ3v) is 6.58. The fourth-order valence-corrected chi connectivity index (χ4v) is 5.20. The zero-order valence-corrected chi connectivity index (χ0v) is 17.2. The molecule has 0 saturated carbocycles. The van der Waals surface area contributed by atoms with Crippen LogP contribution in [0.4, 0.5) is 0 Å². The summed E-state index contributed by atoms with van der Waals surface area (Å²) in [7, 11) is 0. The summed E-state index contributed by atoms with van der Waals surface area (Å²) in [5, 5.41) is 17.2. The maximum Gasteiger partial charge on any atom is 0.187 e. The molecule has 1 aromatic rings. The summed E-state index contributed by atoms with van der Waals surface area (Å²) >= 11 is 0. The number of allylic oxidation sites excluding steroid dienone is 7. The second-order valence-electron chi connectivity index (χ2n) is 8.32. The highest BCUT2D eigenvalue weighted by atomic mass is 16.5. The minimum atomic E-state index is -0.364. The third-order valence-electron chi connectivity index (χ3n) is 6.58. The Balaban J connectivity index is 1.55. The number of nitrogens with one attached hydrogen (secondary N) is 2. The highest BCUT2D eigenvalue weighted by Crippen LogP contribution is 2.46. The maximum absolute atomic E-state index is 10.4. The first-order valence-corrected chi connectivity index (χ1v) is 11.0. The van der Waals surface area contributed by atoms with Gasteiger partial charge in [0.05, 0.1) is 0 Å². The molecule has 0 saturated heterocycles. The first kappa shape index (κ1) is 19.3. The monoisotopic (exact) mass is 403 g/mol. The molecule has 0 amide bonds. The Labute approximate surface area is 177 Å². The molecule has 30 heavy (non-hydrogen) atoms. The number of para-hydroxylation sites is 1. The van der Waals surface area contributed by atoms with Crippen LogP contribution in [0.1, 0.15) is 31.5 Å². The number of benzene rings is 1. The van der Waals surface area contributed by atoms with Gasteiger partial charge >= 0.3 is 0 Å². The van der Waals surface area contributed by atoms with Crippen molar-refractivity contribution in [2.75, 3.05) is 6.61 Å². The second-order valence-corrected chi connectivity index (χ2v) is 8.32. The lowest BCUT2D eigenvalue weighted by Gasteiger charge is -2.43. The molecule has 1 aliphatic heterocycles. The third kappa shape index (κ3) is 3.53. The number of fused-ring (bicyclic) bond motifs is 3. The second kappa shape index (κ2) is 8.25. The molecule has 5 heteroatoms. The number of phenols is 1. The Morgan fingerprint density at radius 2 is 2.00 bits per heavy atom. The number of nitrogens with zero attached hydrogens (tertiary/aromatic N) is 1. The van der Waals surface area contributed by atoms with E-state index in [2.05, 4.69) is 53.2 Å². The number of ether oxygens (including phenoxy) is 1. The molecule has 156 valence electrons. The summed E-state index contributed by atoms with van der Waals surface area (Å²) < 4.78 is 5.89. The molecule has 1 aromatic carbocycles. The van der Waals surface area contributed by atoms with Crippen LogP contribution in [-0.4, -0.2) is 23.9 Å². The van der Waals surface area contributed by atoms with Crippen LogP contribution in [0.5, 0.6) is 5.75 Å². The number of hydrogen-bond acceptors (Lipinski definition) is 5. The van der Waals surface area contributed by atoms with Gasteiger partial charge in [0.1, 0.15) is 17.8 Å². The first-order valence-electron chi connectivity index (χ1n) is 11.0. The van der Waals surface area contributed by atoms with Gasteiger partial charge in [0.2, 0.25) is 0 Å². The van der Waals surface area contributed by atoms with E-state index in [-0.39, 0.29) is 18.3 Å². The smallest absolute Gasteiger partial charge is 0.187 e. The Kier molecular flexibility index (Phi) is 5.32. The molecule has 0 bridgehead atoms. The van der Waals surface area contributed by atoms with E-state index in [4.69, 9.17) is 9.73 Å². The van der Waals surface area contributed by atoms with E-state index in [9.17, 15) is 5.11 Å². The Morgan fingerprint density at radius 1 is 1.13 bits per heavy atom. The van der Waals surface area contributed by atoms with E-state index in [1.165, 1.54) is 5.57 Å². The Morgan fingerprint density at radius 3 is 2.87 bits per heavy atom. The van der Waals surface area contributed by atoms with E-state index >= 15 is 0 Å². The van der Waals surface area contributed by atoms with Crippen molar-refractivity contribution in [3.8, 4) is 5.75 Å². The first-order chi connectivity index (χ1) is 14.7. The Bertz CT molecular complexity index is 945. The number of hydrogen-bond donors (Lipinski definition) is 3. The molecule has 6 atom stereocenters. The highest BCUT2D eigenvalue weighted by Gasteiger charge is 2.41. The van der Waals surface area contributed by atoms with E-state index in [0.29, 0.717) is 30.3 Å². The molecule has 6 unspecified atom stereocenters. The SMILES string of the molecule is CCOC1NC(C2=CC3C=CC=CC3C3C=CCCC23)=NC(c2ccccc2O)N1. The number of aromatic hydroxyl groups is 1. The van der Waals surface area contributed by atoms with Gasteiger partial charge in [-0.25, -0.2) is 10.3 Å². The van der Waals surface area contributed by atoms with Gasteiger partial charge in [0, 0.05) is 18.1 Å². The van der Waals surface area contributed by atoms with Crippen LogP contribution in [0.2, 0.25) is 0 Å². The molecule has 0 radical (unpaired) electrons. The van der Waals surface area contributed by atoms with Crippen LogP contribution in [0.3, 0.4) is 0 Å². The molecule has 3 N–H and O–H groups in total. The van der Waals surface area contributed by atoms with E-state index in [1.807, 2.05) is 25.1 Å². The average Bonchev–Trinajstić information content (AvgIpc) is 2.79. The quantitative estimate of drug-likeness (QED) is 0.660. The van der Waals surface area contributed by atoms with Gasteiger partial charge in [-0.1, -0.05) is 60.7 Å². The van der Waals surface area contributed by atoms with Gasteiger partial charge in [-0.05, 0) is 49.2 Å². The van der Waals surface area contributed by atoms with Crippen molar-refractivity contribution in [3.05, 3.63) is 77.9 Å². The van der Waals surface area contributed by atoms with Crippen molar-refractivity contribution in [2.24, 2.45) is 28.7 Å². The summed E-state index contributed by atoms with van der Waals surface area (Å²) in [5.74, 6) is 2.93. The van der Waals surface area contributed by atoms with Crippen molar-refractivity contribution in [3.63, 3.8) is 0 Å². The maximum atomic E-state index is 10.4. The van der Waals surface area contributed by atoms with E-state index < -0.39 is 0 Å². The lowest BCUT2D eigenvalue weighted by molar-refractivity contribution is 0.0141. The largest absolute Gasteiger partial charge is 0.508 e. The van der Waals surface area contributed by atoms with Gasteiger partial charge in [-0.15, -0.1) is 0 Å². The van der Waals surface area contributed by atoms with Crippen molar-refractivity contribution < 1.29 is 9.84 Å². The zero-order valence-electron chi connectivity index (χ0n) is 17.2. The minimum Gasteiger partial charge on any atom is -0.508 e. The summed E-state index contributed by atoms with van der Waals surface area (Å²) in [6.45, 7) is 2.56. The van der Waals surface area contributed by atoms with Crippen LogP contribution in [0.15, 0.2) is 77.4 Å². The number of rotatable bonds is 4. The molecule has 4 aliphatic rings. The van der Waals surface area contributed by atoms with Gasteiger partial charge in [-0.2, -0.15) is 0 Å².